The Bertz CT molecular complexity index is 1160. The number of nitrogens with zero attached hydrogens (tertiary/aromatic N) is 2. The van der Waals surface area contributed by atoms with Crippen molar-refractivity contribution in [1.82, 2.24) is 9.97 Å². The third-order valence-electron chi connectivity index (χ3n) is 5.23. The predicted octanol–water partition coefficient (Wildman–Crippen LogP) is 5.33. The number of aliphatic carboxylic acids is 1. The molecule has 1 saturated carbocycles. The van der Waals surface area contributed by atoms with Gasteiger partial charge in [0.15, 0.2) is 10.9 Å². The van der Waals surface area contributed by atoms with Crippen molar-refractivity contribution >= 4 is 51.7 Å². The zero-order valence-electron chi connectivity index (χ0n) is 17.6. The van der Waals surface area contributed by atoms with Gasteiger partial charge in [-0.25, -0.2) is 14.8 Å². The number of ketones is 1. The first-order valence-corrected chi connectivity index (χ1v) is 12.1. The van der Waals surface area contributed by atoms with Gasteiger partial charge in [0.2, 0.25) is 0 Å². The SMILES string of the molecule is O=C(O)Cc1ccc(NC(=O)Nc2ncc(Sc3ccccn3)s2)c(C(=O)C2CCCC2)c1. The lowest BCUT2D eigenvalue weighted by Crippen LogP contribution is -2.22. The summed E-state index contributed by atoms with van der Waals surface area (Å²) >= 11 is 2.76. The molecule has 4 rings (SSSR count). The van der Waals surface area contributed by atoms with Crippen LogP contribution in [0.3, 0.4) is 0 Å². The van der Waals surface area contributed by atoms with Crippen LogP contribution >= 0.6 is 23.1 Å². The van der Waals surface area contributed by atoms with Crippen LogP contribution in [-0.2, 0) is 11.2 Å². The number of carboxylic acid groups (broad SMARTS) is 1. The summed E-state index contributed by atoms with van der Waals surface area (Å²) in [6, 6.07) is 9.88. The lowest BCUT2D eigenvalue weighted by molar-refractivity contribution is -0.136. The van der Waals surface area contributed by atoms with E-state index in [0.717, 1.165) is 34.9 Å². The molecule has 0 bridgehead atoms. The Morgan fingerprint density at radius 3 is 2.64 bits per heavy atom. The fourth-order valence-electron chi connectivity index (χ4n) is 3.72. The maximum absolute atomic E-state index is 13.1. The van der Waals surface area contributed by atoms with Gasteiger partial charge in [-0.15, -0.1) is 0 Å². The smallest absolute Gasteiger partial charge is 0.325 e. The van der Waals surface area contributed by atoms with Crippen LogP contribution in [0.15, 0.2) is 58.0 Å². The number of urea groups is 1. The maximum atomic E-state index is 13.1. The molecule has 1 aliphatic carbocycles. The average Bonchev–Trinajstić information content (AvgIpc) is 3.47. The number of hydrogen-bond acceptors (Lipinski definition) is 7. The molecular formula is C23H22N4O4S2. The second kappa shape index (κ2) is 10.6. The number of aromatic nitrogens is 2. The molecule has 3 aromatic rings. The standard InChI is InChI=1S/C23H22N4O4S2/c28-19(29)12-14-8-9-17(16(11-14)21(30)15-5-1-2-6-15)26-22(31)27-23-25-13-20(33-23)32-18-7-3-4-10-24-18/h3-4,7-11,13,15H,1-2,5-6,12H2,(H,28,29)(H2,25,26,27,31). The molecule has 8 nitrogen and oxygen atoms in total. The summed E-state index contributed by atoms with van der Waals surface area (Å²) in [5, 5.41) is 15.8. The normalized spacial score (nSPS) is 13.6. The fourth-order valence-corrected chi connectivity index (χ4v) is 5.50. The van der Waals surface area contributed by atoms with Crippen LogP contribution in [0.4, 0.5) is 15.6 Å². The van der Waals surface area contributed by atoms with E-state index in [1.165, 1.54) is 23.1 Å². The quantitative estimate of drug-likeness (QED) is 0.371. The number of carbonyl (C=O) groups is 3. The van der Waals surface area contributed by atoms with E-state index in [-0.39, 0.29) is 18.1 Å². The summed E-state index contributed by atoms with van der Waals surface area (Å²) in [6.07, 6.45) is 6.80. The number of nitrogens with one attached hydrogen (secondary N) is 2. The Labute approximate surface area is 198 Å². The lowest BCUT2D eigenvalue weighted by Gasteiger charge is -2.15. The van der Waals surface area contributed by atoms with E-state index in [0.29, 0.717) is 21.9 Å². The van der Waals surface area contributed by atoms with E-state index < -0.39 is 12.0 Å². The van der Waals surface area contributed by atoms with Gasteiger partial charge in [0.1, 0.15) is 5.03 Å². The molecule has 1 aromatic carbocycles. The van der Waals surface area contributed by atoms with Crippen LogP contribution in [-0.4, -0.2) is 32.9 Å². The first-order chi connectivity index (χ1) is 16.0. The van der Waals surface area contributed by atoms with Crippen molar-refractivity contribution in [3.05, 3.63) is 59.9 Å². The van der Waals surface area contributed by atoms with Gasteiger partial charge >= 0.3 is 12.0 Å². The Morgan fingerprint density at radius 2 is 1.91 bits per heavy atom. The van der Waals surface area contributed by atoms with E-state index in [4.69, 9.17) is 5.11 Å². The summed E-state index contributed by atoms with van der Waals surface area (Å²) in [4.78, 5) is 45.3. The highest BCUT2D eigenvalue weighted by Crippen LogP contribution is 2.33. The number of thiazole rings is 1. The number of Topliss-reactive ketones (excluding diaryl/α,β-unsaturated/α-hetero) is 1. The van der Waals surface area contributed by atoms with E-state index >= 15 is 0 Å². The van der Waals surface area contributed by atoms with Crippen LogP contribution in [0.2, 0.25) is 0 Å². The summed E-state index contributed by atoms with van der Waals surface area (Å²) in [5.41, 5.74) is 1.23. The van der Waals surface area contributed by atoms with E-state index in [9.17, 15) is 14.4 Å². The molecule has 1 aliphatic rings. The van der Waals surface area contributed by atoms with Gasteiger partial charge in [-0.1, -0.05) is 48.1 Å². The van der Waals surface area contributed by atoms with Crippen LogP contribution in [0.25, 0.3) is 0 Å². The molecular weight excluding hydrogens is 460 g/mol. The van der Waals surface area contributed by atoms with E-state index in [2.05, 4.69) is 20.6 Å². The topological polar surface area (TPSA) is 121 Å². The molecule has 0 saturated heterocycles. The molecule has 0 spiro atoms. The minimum absolute atomic E-state index is 0.0571. The number of carbonyl (C=O) groups excluding carboxylic acids is 2. The highest BCUT2D eigenvalue weighted by Gasteiger charge is 2.26. The summed E-state index contributed by atoms with van der Waals surface area (Å²) in [5.74, 6) is -1.13. The molecule has 2 heterocycles. The van der Waals surface area contributed by atoms with Crippen molar-refractivity contribution < 1.29 is 19.5 Å². The maximum Gasteiger partial charge on any atom is 0.325 e. The molecule has 3 N–H and O–H groups in total. The van der Waals surface area contributed by atoms with Crippen molar-refractivity contribution in [3.8, 4) is 0 Å². The fraction of sp³-hybridized carbons (Fsp3) is 0.261. The van der Waals surface area contributed by atoms with Gasteiger partial charge in [0.25, 0.3) is 0 Å². The second-order valence-corrected chi connectivity index (χ2v) is 9.98. The Kier molecular flexibility index (Phi) is 7.36. The average molecular weight is 483 g/mol. The zero-order chi connectivity index (χ0) is 23.2. The highest BCUT2D eigenvalue weighted by molar-refractivity contribution is 8.01. The van der Waals surface area contributed by atoms with Crippen molar-refractivity contribution in [2.45, 2.75) is 41.3 Å². The molecule has 0 aliphatic heterocycles. The third kappa shape index (κ3) is 6.17. The number of carboxylic acids is 1. The largest absolute Gasteiger partial charge is 0.481 e. The number of hydrogen-bond donors (Lipinski definition) is 3. The van der Waals surface area contributed by atoms with Gasteiger partial charge in [-0.3, -0.25) is 14.9 Å². The first kappa shape index (κ1) is 22.9. The summed E-state index contributed by atoms with van der Waals surface area (Å²) in [7, 11) is 0. The molecule has 0 atom stereocenters. The second-order valence-electron chi connectivity index (χ2n) is 7.63. The third-order valence-corrected chi connectivity index (χ3v) is 7.19. The van der Waals surface area contributed by atoms with Crippen molar-refractivity contribution in [1.29, 1.82) is 0 Å². The monoisotopic (exact) mass is 482 g/mol. The van der Waals surface area contributed by atoms with Crippen LogP contribution in [0.5, 0.6) is 0 Å². The minimum Gasteiger partial charge on any atom is -0.481 e. The summed E-state index contributed by atoms with van der Waals surface area (Å²) < 4.78 is 0.874. The lowest BCUT2D eigenvalue weighted by atomic mass is 9.93. The van der Waals surface area contributed by atoms with E-state index in [1.54, 1.807) is 30.6 Å². The Balaban J connectivity index is 1.46. The van der Waals surface area contributed by atoms with Crippen LogP contribution in [0.1, 0.15) is 41.6 Å². The number of amides is 2. The van der Waals surface area contributed by atoms with Gasteiger partial charge < -0.3 is 10.4 Å². The molecule has 0 unspecified atom stereocenters. The number of pyridine rings is 1. The predicted molar refractivity (Wildman–Crippen MR) is 127 cm³/mol. The number of benzene rings is 1. The van der Waals surface area contributed by atoms with Crippen LogP contribution < -0.4 is 10.6 Å². The van der Waals surface area contributed by atoms with Gasteiger partial charge in [0.05, 0.1) is 22.5 Å². The number of rotatable bonds is 8. The number of anilines is 2. The van der Waals surface area contributed by atoms with Gasteiger partial charge in [0, 0.05) is 17.7 Å². The summed E-state index contributed by atoms with van der Waals surface area (Å²) in [6.45, 7) is 0. The zero-order valence-corrected chi connectivity index (χ0v) is 19.2. The molecule has 33 heavy (non-hydrogen) atoms. The molecule has 10 heteroatoms. The van der Waals surface area contributed by atoms with Crippen molar-refractivity contribution in [3.63, 3.8) is 0 Å². The Morgan fingerprint density at radius 1 is 1.09 bits per heavy atom. The minimum atomic E-state index is -0.976. The van der Waals surface area contributed by atoms with Gasteiger partial charge in [-0.05, 0) is 42.7 Å². The van der Waals surface area contributed by atoms with Crippen molar-refractivity contribution in [2.24, 2.45) is 5.92 Å². The Hall–Kier alpha value is -3.24. The molecule has 1 fully saturated rings. The molecule has 170 valence electrons. The van der Waals surface area contributed by atoms with E-state index in [1.807, 2.05) is 18.2 Å². The van der Waals surface area contributed by atoms with Crippen molar-refractivity contribution in [2.75, 3.05) is 10.6 Å². The van der Waals surface area contributed by atoms with Gasteiger partial charge in [-0.2, -0.15) is 0 Å². The van der Waals surface area contributed by atoms with Crippen LogP contribution in [0, 0.1) is 5.92 Å². The molecule has 2 aromatic heterocycles. The highest BCUT2D eigenvalue weighted by atomic mass is 32.2. The molecule has 0 radical (unpaired) electrons. The molecule has 2 amide bonds. The first-order valence-electron chi connectivity index (χ1n) is 10.5.